The van der Waals surface area contributed by atoms with Gasteiger partial charge in [0.1, 0.15) is 6.33 Å². The third kappa shape index (κ3) is 8.90. The maximum atomic E-state index is 12.8. The molecule has 0 aliphatic heterocycles. The molecule has 0 amide bonds. The Hall–Kier alpha value is -3.10. The molecule has 3 aromatic carbocycles. The molecule has 2 aromatic heterocycles. The first-order valence-electron chi connectivity index (χ1n) is 18.8. The normalized spacial score (nSPS) is 13.7. The number of ketones is 1. The van der Waals surface area contributed by atoms with Crippen LogP contribution in [0.4, 0.5) is 8.78 Å². The molecule has 53 heavy (non-hydrogen) atoms. The number of carbonyl (C=O) groups excluding carboxylic acids is 1. The monoisotopic (exact) mass is 932 g/mol. The molecule has 5 aromatic rings. The molecule has 0 bridgehead atoms. The summed E-state index contributed by atoms with van der Waals surface area (Å²) < 4.78 is 26.7. The fourth-order valence-corrected chi connectivity index (χ4v) is 10.6. The fraction of sp³-hybridized carbons (Fsp3) is 0.432. The van der Waals surface area contributed by atoms with Crippen LogP contribution in [0.5, 0.6) is 0 Å². The molecular formula is C44H53F2IrN2O2SSi-. The Morgan fingerprint density at radius 1 is 0.962 bits per heavy atom. The number of hydrogen-bond acceptors (Lipinski definition) is 5. The third-order valence-corrected chi connectivity index (χ3v) is 13.9. The Bertz CT molecular complexity index is 2100. The molecule has 0 saturated heterocycles. The van der Waals surface area contributed by atoms with Crippen LogP contribution in [0.2, 0.25) is 19.6 Å². The van der Waals surface area contributed by atoms with E-state index in [9.17, 15) is 18.7 Å². The van der Waals surface area contributed by atoms with Crippen molar-refractivity contribution < 1.29 is 38.8 Å². The van der Waals surface area contributed by atoms with E-state index in [0.717, 1.165) is 58.1 Å². The number of thiophene rings is 1. The smallest absolute Gasteiger partial charge is 0.239 e. The van der Waals surface area contributed by atoms with Crippen molar-refractivity contribution in [1.29, 1.82) is 0 Å². The van der Waals surface area contributed by atoms with Crippen LogP contribution in [0.3, 0.4) is 0 Å². The topological polar surface area (TPSA) is 63.1 Å². The van der Waals surface area contributed by atoms with E-state index in [0.29, 0.717) is 6.42 Å². The predicted octanol–water partition coefficient (Wildman–Crippen LogP) is 12.2. The van der Waals surface area contributed by atoms with Crippen molar-refractivity contribution in [2.45, 2.75) is 112 Å². The summed E-state index contributed by atoms with van der Waals surface area (Å²) in [5.41, 5.74) is 7.21. The molecule has 0 unspecified atom stereocenters. The van der Waals surface area contributed by atoms with Gasteiger partial charge in [0.2, 0.25) is 6.43 Å². The molecule has 1 radical (unpaired) electrons. The Balaban J connectivity index is 0.000000335. The first-order valence-corrected chi connectivity index (χ1v) is 23.1. The minimum absolute atomic E-state index is 0. The number of benzene rings is 3. The van der Waals surface area contributed by atoms with Crippen LogP contribution in [0, 0.1) is 17.9 Å². The van der Waals surface area contributed by atoms with Crippen LogP contribution in [0.1, 0.15) is 90.3 Å². The van der Waals surface area contributed by atoms with Gasteiger partial charge in [-0.05, 0) is 48.8 Å². The number of rotatable bonds is 12. The maximum Gasteiger partial charge on any atom is 0.239 e. The van der Waals surface area contributed by atoms with E-state index in [1.54, 1.807) is 17.7 Å². The molecule has 0 atom stereocenters. The number of hydrogen-bond donors (Lipinski definition) is 1. The van der Waals surface area contributed by atoms with Gasteiger partial charge in [-0.25, -0.2) is 13.8 Å². The number of nitrogens with zero attached hydrogens (tertiary/aromatic N) is 2. The van der Waals surface area contributed by atoms with Crippen LogP contribution in [0.25, 0.3) is 42.7 Å². The second-order valence-electron chi connectivity index (χ2n) is 15.5. The van der Waals surface area contributed by atoms with Crippen LogP contribution in [0.15, 0.2) is 66.7 Å². The minimum Gasteiger partial charge on any atom is -0.512 e. The van der Waals surface area contributed by atoms with E-state index in [1.165, 1.54) is 38.2 Å². The van der Waals surface area contributed by atoms with Gasteiger partial charge < -0.3 is 5.11 Å². The summed E-state index contributed by atoms with van der Waals surface area (Å²) in [6.45, 7) is 19.6. The Labute approximate surface area is 332 Å². The molecule has 1 N–H and O–H groups in total. The van der Waals surface area contributed by atoms with Gasteiger partial charge in [0.05, 0.1) is 19.3 Å². The van der Waals surface area contributed by atoms with E-state index in [4.69, 9.17) is 9.97 Å². The Morgan fingerprint density at radius 2 is 1.62 bits per heavy atom. The first-order chi connectivity index (χ1) is 24.7. The Morgan fingerprint density at radius 3 is 2.25 bits per heavy atom. The van der Waals surface area contributed by atoms with Crippen molar-refractivity contribution in [1.82, 2.24) is 9.97 Å². The molecule has 1 aliphatic carbocycles. The van der Waals surface area contributed by atoms with Crippen LogP contribution < -0.4 is 5.19 Å². The van der Waals surface area contributed by atoms with Gasteiger partial charge in [-0.1, -0.05) is 109 Å². The van der Waals surface area contributed by atoms with Crippen molar-refractivity contribution in [2.24, 2.45) is 11.8 Å². The van der Waals surface area contributed by atoms with Gasteiger partial charge in [0, 0.05) is 70.7 Å². The zero-order valence-electron chi connectivity index (χ0n) is 32.5. The molecule has 4 nitrogen and oxygen atoms in total. The second-order valence-corrected chi connectivity index (χ2v) is 21.6. The maximum absolute atomic E-state index is 12.8. The number of aryl methyl sites for hydroxylation is 1. The summed E-state index contributed by atoms with van der Waals surface area (Å²) in [5.74, 6) is 0.547. The largest absolute Gasteiger partial charge is 0.512 e. The van der Waals surface area contributed by atoms with E-state index >= 15 is 0 Å². The summed E-state index contributed by atoms with van der Waals surface area (Å²) in [4.78, 5) is 22.5. The molecule has 0 spiro atoms. The van der Waals surface area contributed by atoms with Crippen LogP contribution in [-0.4, -0.2) is 35.4 Å². The quantitative estimate of drug-likeness (QED) is 0.0586. The summed E-state index contributed by atoms with van der Waals surface area (Å²) in [6, 6.07) is 20.7. The van der Waals surface area contributed by atoms with Crippen molar-refractivity contribution in [2.75, 3.05) is 0 Å². The average Bonchev–Trinajstić information content (AvgIpc) is 3.61. The number of halogens is 2. The number of aromatic nitrogens is 2. The molecule has 0 fully saturated rings. The van der Waals surface area contributed by atoms with E-state index in [2.05, 4.69) is 82.0 Å². The van der Waals surface area contributed by atoms with Crippen molar-refractivity contribution in [3.05, 3.63) is 89.5 Å². The zero-order valence-corrected chi connectivity index (χ0v) is 36.7. The fourth-order valence-electron chi connectivity index (χ4n) is 7.50. The summed E-state index contributed by atoms with van der Waals surface area (Å²) >= 11 is 1.74. The van der Waals surface area contributed by atoms with Gasteiger partial charge in [-0.15, -0.1) is 40.1 Å². The number of allylic oxidation sites excluding steroid dienone is 2. The summed E-state index contributed by atoms with van der Waals surface area (Å²) in [5, 5.41) is 13.6. The molecule has 6 rings (SSSR count). The number of fused-ring (bicyclic) bond motifs is 6. The number of aliphatic hydroxyl groups excluding tert-OH is 1. The second kappa shape index (κ2) is 17.6. The third-order valence-electron chi connectivity index (χ3n) is 10.7. The van der Waals surface area contributed by atoms with Gasteiger partial charge in [-0.2, -0.15) is 0 Å². The van der Waals surface area contributed by atoms with Crippen LogP contribution in [-0.2, 0) is 36.7 Å². The molecule has 2 heterocycles. The van der Waals surface area contributed by atoms with Crippen molar-refractivity contribution >= 4 is 51.4 Å². The molecule has 285 valence electrons. The minimum atomic E-state index is -2.28. The standard InChI is InChI=1S/C31H29F2N2SSi.C13H24O2.Ir/c1-31(2)23-14-18(11-13-25(32)33)10-12-22(23)29-26(31)28-30(36-29)27(34-17-35-28)20-15-19-8-6-7-9-21(19)24(16-20)37(3,4)5;1-5-10(6-2)12(14)9-13(15)11(7-3)8-4;/h6-10,12,14,16-17,25H,11,13H2,1-5H3;9-11,14H,5-8H2,1-4H3;/q-1;;/b;12-9-;. The first kappa shape index (κ1) is 42.6. The number of aliphatic hydroxyl groups is 1. The summed E-state index contributed by atoms with van der Waals surface area (Å²) in [6.07, 6.45) is 4.58. The predicted molar refractivity (Wildman–Crippen MR) is 218 cm³/mol. The van der Waals surface area contributed by atoms with Gasteiger partial charge in [0.25, 0.3) is 0 Å². The van der Waals surface area contributed by atoms with Gasteiger partial charge >= 0.3 is 0 Å². The van der Waals surface area contributed by atoms with Gasteiger partial charge in [0.15, 0.2) is 5.78 Å². The SMILES string of the molecule is CC1(C)c2cc(CCC(F)F)ccc2-c2sc3c(-c4[c-]c5ccccc5c([Si](C)(C)C)c4)ncnc3c21.CCC(CC)C(=O)/C=C(\O)C(CC)CC.[Ir]. The van der Waals surface area contributed by atoms with E-state index < -0.39 is 14.5 Å². The molecule has 9 heteroatoms. The van der Waals surface area contributed by atoms with Crippen molar-refractivity contribution in [3.8, 4) is 21.7 Å². The number of alkyl halides is 2. The Kier molecular flexibility index (Phi) is 14.1. The number of carbonyl (C=O) groups is 1. The van der Waals surface area contributed by atoms with Crippen LogP contribution >= 0.6 is 11.3 Å². The van der Waals surface area contributed by atoms with Crippen molar-refractivity contribution in [3.63, 3.8) is 0 Å². The summed E-state index contributed by atoms with van der Waals surface area (Å²) in [7, 11) is -1.63. The van der Waals surface area contributed by atoms with E-state index in [-0.39, 0.29) is 55.3 Å². The molecule has 0 saturated carbocycles. The zero-order chi connectivity index (χ0) is 38.0. The van der Waals surface area contributed by atoms with Gasteiger partial charge in [-0.3, -0.25) is 9.78 Å². The molecule has 1 aliphatic rings. The van der Waals surface area contributed by atoms with E-state index in [1.807, 2.05) is 33.8 Å². The molecular weight excluding hydrogens is 879 g/mol. The average molecular weight is 932 g/mol.